The smallest absolute Gasteiger partial charge is 0.120 e. The molecule has 0 aliphatic carbocycles. The molecule has 1 aromatic carbocycles. The standard InChI is InChI=1S/C17H22O3/c18-11-2-1-6-15-7-3-8-17(14-15)20-13-5-10-16-9-4-12-19-16/h3,7-8,14,16,18H,2,4-5,9-13H2. The van der Waals surface area contributed by atoms with Gasteiger partial charge in [-0.25, -0.2) is 0 Å². The van der Waals surface area contributed by atoms with Crippen molar-refractivity contribution in [3.8, 4) is 17.6 Å². The first kappa shape index (κ1) is 14.9. The Hall–Kier alpha value is -1.50. The van der Waals surface area contributed by atoms with Gasteiger partial charge in [0.05, 0.1) is 19.3 Å². The minimum Gasteiger partial charge on any atom is -0.494 e. The third-order valence-electron chi connectivity index (χ3n) is 3.27. The lowest BCUT2D eigenvalue weighted by Gasteiger charge is -2.10. The van der Waals surface area contributed by atoms with Crippen LogP contribution >= 0.6 is 0 Å². The molecule has 0 radical (unpaired) electrons. The number of hydrogen-bond donors (Lipinski definition) is 1. The summed E-state index contributed by atoms with van der Waals surface area (Å²) in [5, 5.41) is 8.69. The lowest BCUT2D eigenvalue weighted by Crippen LogP contribution is -2.07. The maximum Gasteiger partial charge on any atom is 0.120 e. The molecule has 2 rings (SSSR count). The van der Waals surface area contributed by atoms with Crippen molar-refractivity contribution in [2.45, 2.75) is 38.2 Å². The van der Waals surface area contributed by atoms with Gasteiger partial charge in [-0.3, -0.25) is 0 Å². The summed E-state index contributed by atoms with van der Waals surface area (Å²) >= 11 is 0. The fraction of sp³-hybridized carbons (Fsp3) is 0.529. The molecule has 1 heterocycles. The minimum atomic E-state index is 0.104. The van der Waals surface area contributed by atoms with Crippen molar-refractivity contribution in [3.63, 3.8) is 0 Å². The van der Waals surface area contributed by atoms with Crippen molar-refractivity contribution in [2.75, 3.05) is 19.8 Å². The number of rotatable bonds is 6. The Bertz CT molecular complexity index is 453. The molecule has 1 aromatic rings. The molecule has 0 amide bonds. The van der Waals surface area contributed by atoms with Crippen molar-refractivity contribution in [3.05, 3.63) is 29.8 Å². The van der Waals surface area contributed by atoms with Crippen molar-refractivity contribution in [1.29, 1.82) is 0 Å². The van der Waals surface area contributed by atoms with Crippen LogP contribution in [0.3, 0.4) is 0 Å². The molecule has 1 N–H and O–H groups in total. The van der Waals surface area contributed by atoms with Crippen molar-refractivity contribution >= 4 is 0 Å². The molecule has 1 aliphatic heterocycles. The lowest BCUT2D eigenvalue weighted by molar-refractivity contribution is 0.0981. The molecule has 0 saturated carbocycles. The number of aliphatic hydroxyl groups excluding tert-OH is 1. The third kappa shape index (κ3) is 5.24. The van der Waals surface area contributed by atoms with Crippen LogP contribution in [0, 0.1) is 11.8 Å². The fourth-order valence-corrected chi connectivity index (χ4v) is 2.26. The Morgan fingerprint density at radius 3 is 3.15 bits per heavy atom. The van der Waals surface area contributed by atoms with Crippen LogP contribution in [0.2, 0.25) is 0 Å². The van der Waals surface area contributed by atoms with Crippen molar-refractivity contribution in [2.24, 2.45) is 0 Å². The molecular formula is C17H22O3. The van der Waals surface area contributed by atoms with E-state index in [4.69, 9.17) is 14.6 Å². The molecule has 3 heteroatoms. The maximum atomic E-state index is 8.69. The molecule has 0 spiro atoms. The molecule has 108 valence electrons. The van der Waals surface area contributed by atoms with Crippen molar-refractivity contribution < 1.29 is 14.6 Å². The first-order valence-corrected chi connectivity index (χ1v) is 7.32. The Kier molecular flexibility index (Phi) is 6.43. The number of hydrogen-bond acceptors (Lipinski definition) is 3. The van der Waals surface area contributed by atoms with E-state index in [1.165, 1.54) is 12.8 Å². The predicted octanol–water partition coefficient (Wildman–Crippen LogP) is 2.76. The SMILES string of the molecule is OCCC#Cc1cccc(OCCCC2CCCO2)c1. The summed E-state index contributed by atoms with van der Waals surface area (Å²) in [7, 11) is 0. The molecule has 1 atom stereocenters. The second kappa shape index (κ2) is 8.63. The number of ether oxygens (including phenoxy) is 2. The molecule has 0 aromatic heterocycles. The summed E-state index contributed by atoms with van der Waals surface area (Å²) in [4.78, 5) is 0. The molecular weight excluding hydrogens is 252 g/mol. The average molecular weight is 274 g/mol. The summed E-state index contributed by atoms with van der Waals surface area (Å²) in [6, 6.07) is 7.78. The van der Waals surface area contributed by atoms with E-state index in [0.717, 1.165) is 30.8 Å². The highest BCUT2D eigenvalue weighted by molar-refractivity contribution is 5.39. The van der Waals surface area contributed by atoms with Gasteiger partial charge in [0.2, 0.25) is 0 Å². The molecule has 0 bridgehead atoms. The second-order valence-electron chi connectivity index (χ2n) is 4.93. The van der Waals surface area contributed by atoms with E-state index >= 15 is 0 Å². The highest BCUT2D eigenvalue weighted by Gasteiger charge is 2.14. The van der Waals surface area contributed by atoms with Gasteiger partial charge >= 0.3 is 0 Å². The van der Waals surface area contributed by atoms with Crippen LogP contribution in [0.25, 0.3) is 0 Å². The topological polar surface area (TPSA) is 38.7 Å². The largest absolute Gasteiger partial charge is 0.494 e. The zero-order chi connectivity index (χ0) is 14.0. The Labute approximate surface area is 120 Å². The second-order valence-corrected chi connectivity index (χ2v) is 4.93. The lowest BCUT2D eigenvalue weighted by atomic mass is 10.1. The summed E-state index contributed by atoms with van der Waals surface area (Å²) < 4.78 is 11.3. The van der Waals surface area contributed by atoms with Crippen molar-refractivity contribution in [1.82, 2.24) is 0 Å². The van der Waals surface area contributed by atoms with Gasteiger partial charge in [0.25, 0.3) is 0 Å². The predicted molar refractivity (Wildman–Crippen MR) is 78.7 cm³/mol. The minimum absolute atomic E-state index is 0.104. The van der Waals surface area contributed by atoms with E-state index in [1.54, 1.807) is 0 Å². The van der Waals surface area contributed by atoms with Crippen LogP contribution in [0.1, 0.15) is 37.7 Å². The van der Waals surface area contributed by atoms with Crippen LogP contribution in [-0.4, -0.2) is 31.0 Å². The van der Waals surface area contributed by atoms with Crippen LogP contribution in [-0.2, 0) is 4.74 Å². The van der Waals surface area contributed by atoms with Gasteiger partial charge < -0.3 is 14.6 Å². The first-order chi connectivity index (χ1) is 9.88. The van der Waals surface area contributed by atoms with E-state index in [-0.39, 0.29) is 6.61 Å². The number of aliphatic hydroxyl groups is 1. The van der Waals surface area contributed by atoms with Gasteiger partial charge in [-0.15, -0.1) is 0 Å². The molecule has 1 fully saturated rings. The first-order valence-electron chi connectivity index (χ1n) is 7.32. The third-order valence-corrected chi connectivity index (χ3v) is 3.27. The monoisotopic (exact) mass is 274 g/mol. The quantitative estimate of drug-likeness (QED) is 0.640. The molecule has 1 aliphatic rings. The molecule has 1 saturated heterocycles. The zero-order valence-corrected chi connectivity index (χ0v) is 11.8. The average Bonchev–Trinajstić information content (AvgIpc) is 2.98. The van der Waals surface area contributed by atoms with Gasteiger partial charge in [0.15, 0.2) is 0 Å². The Morgan fingerprint density at radius 1 is 1.40 bits per heavy atom. The summed E-state index contributed by atoms with van der Waals surface area (Å²) in [6.45, 7) is 1.74. The van der Waals surface area contributed by atoms with E-state index in [0.29, 0.717) is 19.1 Å². The van der Waals surface area contributed by atoms with Crippen LogP contribution in [0.5, 0.6) is 5.75 Å². The Balaban J connectivity index is 1.72. The molecule has 1 unspecified atom stereocenters. The van der Waals surface area contributed by atoms with Crippen LogP contribution < -0.4 is 4.74 Å². The van der Waals surface area contributed by atoms with Crippen LogP contribution in [0.4, 0.5) is 0 Å². The molecule has 20 heavy (non-hydrogen) atoms. The van der Waals surface area contributed by atoms with Gasteiger partial charge in [-0.05, 0) is 43.9 Å². The zero-order valence-electron chi connectivity index (χ0n) is 11.8. The van der Waals surface area contributed by atoms with Gasteiger partial charge in [-0.1, -0.05) is 17.9 Å². The highest BCUT2D eigenvalue weighted by Crippen LogP contribution is 2.18. The summed E-state index contributed by atoms with van der Waals surface area (Å²) in [6.07, 6.45) is 5.43. The fourth-order valence-electron chi connectivity index (χ4n) is 2.26. The van der Waals surface area contributed by atoms with Gasteiger partial charge in [-0.2, -0.15) is 0 Å². The summed E-state index contributed by atoms with van der Waals surface area (Å²) in [5.74, 6) is 6.78. The van der Waals surface area contributed by atoms with E-state index in [1.807, 2.05) is 24.3 Å². The van der Waals surface area contributed by atoms with E-state index < -0.39 is 0 Å². The van der Waals surface area contributed by atoms with Crippen LogP contribution in [0.15, 0.2) is 24.3 Å². The van der Waals surface area contributed by atoms with Gasteiger partial charge in [0.1, 0.15) is 5.75 Å². The summed E-state index contributed by atoms with van der Waals surface area (Å²) in [5.41, 5.74) is 0.926. The normalized spacial score (nSPS) is 17.6. The van der Waals surface area contributed by atoms with Gasteiger partial charge in [0, 0.05) is 18.6 Å². The maximum absolute atomic E-state index is 8.69. The number of benzene rings is 1. The highest BCUT2D eigenvalue weighted by atomic mass is 16.5. The van der Waals surface area contributed by atoms with E-state index in [2.05, 4.69) is 11.8 Å². The molecule has 3 nitrogen and oxygen atoms in total. The van der Waals surface area contributed by atoms with E-state index in [9.17, 15) is 0 Å². The Morgan fingerprint density at radius 2 is 2.35 bits per heavy atom.